The molecule has 2 N–H and O–H groups in total. The molecule has 20 heavy (non-hydrogen) atoms. The highest BCUT2D eigenvalue weighted by Crippen LogP contribution is 2.21. The van der Waals surface area contributed by atoms with Gasteiger partial charge in [0, 0.05) is 22.2 Å². The minimum absolute atomic E-state index is 0.0501. The number of benzene rings is 1. The Morgan fingerprint density at radius 1 is 1.40 bits per heavy atom. The first-order valence-corrected chi connectivity index (χ1v) is 6.98. The molecule has 1 aromatic heterocycles. The Kier molecular flexibility index (Phi) is 4.13. The van der Waals surface area contributed by atoms with Crippen LogP contribution in [-0.2, 0) is 11.2 Å². The summed E-state index contributed by atoms with van der Waals surface area (Å²) < 4.78 is 2.64. The molecule has 1 heterocycles. The molecular formula is C14H15BrN2O3. The van der Waals surface area contributed by atoms with E-state index in [1.54, 1.807) is 4.68 Å². The van der Waals surface area contributed by atoms with Crippen LogP contribution in [0.4, 0.5) is 0 Å². The van der Waals surface area contributed by atoms with Crippen LogP contribution in [0, 0.1) is 13.8 Å². The molecular weight excluding hydrogens is 324 g/mol. The third-order valence-corrected chi connectivity index (χ3v) is 4.12. The number of hydrogen-bond acceptors (Lipinski definition) is 2. The lowest BCUT2D eigenvalue weighted by Gasteiger charge is -2.08. The first kappa shape index (κ1) is 14.6. The second kappa shape index (κ2) is 5.66. The Balaban J connectivity index is 2.43. The Morgan fingerprint density at radius 3 is 2.70 bits per heavy atom. The molecule has 1 aromatic carbocycles. The van der Waals surface area contributed by atoms with Gasteiger partial charge in [-0.25, -0.2) is 0 Å². The Bertz CT molecular complexity index is 716. The minimum Gasteiger partial charge on any atom is -0.481 e. The predicted octanol–water partition coefficient (Wildman–Crippen LogP) is 2.56. The van der Waals surface area contributed by atoms with Crippen molar-refractivity contribution in [3.8, 4) is 5.69 Å². The fourth-order valence-electron chi connectivity index (χ4n) is 2.06. The Hall–Kier alpha value is -1.82. The van der Waals surface area contributed by atoms with Gasteiger partial charge in [-0.1, -0.05) is 22.0 Å². The van der Waals surface area contributed by atoms with Gasteiger partial charge in [-0.3, -0.25) is 19.4 Å². The van der Waals surface area contributed by atoms with Gasteiger partial charge in [0.25, 0.3) is 5.56 Å². The smallest absolute Gasteiger partial charge is 0.303 e. The molecule has 5 nitrogen and oxygen atoms in total. The van der Waals surface area contributed by atoms with E-state index in [0.717, 1.165) is 21.4 Å². The lowest BCUT2D eigenvalue weighted by molar-refractivity contribution is -0.136. The number of hydrogen-bond donors (Lipinski definition) is 2. The average molecular weight is 339 g/mol. The molecule has 2 aromatic rings. The van der Waals surface area contributed by atoms with Crippen LogP contribution in [0.2, 0.25) is 0 Å². The highest BCUT2D eigenvalue weighted by atomic mass is 79.9. The summed E-state index contributed by atoms with van der Waals surface area (Å²) in [6.07, 6.45) is 0.183. The normalized spacial score (nSPS) is 10.8. The maximum Gasteiger partial charge on any atom is 0.303 e. The number of nitrogens with one attached hydrogen (secondary N) is 1. The van der Waals surface area contributed by atoms with E-state index < -0.39 is 5.97 Å². The first-order valence-electron chi connectivity index (χ1n) is 6.19. The van der Waals surface area contributed by atoms with Crippen molar-refractivity contribution < 1.29 is 9.90 Å². The van der Waals surface area contributed by atoms with Crippen molar-refractivity contribution in [3.05, 3.63) is 49.8 Å². The van der Waals surface area contributed by atoms with Crippen molar-refractivity contribution in [2.75, 3.05) is 0 Å². The fourth-order valence-corrected chi connectivity index (χ4v) is 2.42. The van der Waals surface area contributed by atoms with E-state index in [1.807, 2.05) is 32.0 Å². The SMILES string of the molecule is Cc1ccc(-n2[nH]c(=O)c(CCC(=O)O)c2C)cc1Br. The van der Waals surface area contributed by atoms with Crippen LogP contribution in [0.3, 0.4) is 0 Å². The summed E-state index contributed by atoms with van der Waals surface area (Å²) in [6, 6.07) is 5.78. The van der Waals surface area contributed by atoms with Gasteiger partial charge in [-0.2, -0.15) is 0 Å². The van der Waals surface area contributed by atoms with Crippen molar-refractivity contribution in [1.82, 2.24) is 9.78 Å². The number of aryl methyl sites for hydroxylation is 1. The number of rotatable bonds is 4. The molecule has 0 amide bonds. The summed E-state index contributed by atoms with van der Waals surface area (Å²) in [5.41, 5.74) is 2.96. The van der Waals surface area contributed by atoms with Crippen molar-refractivity contribution in [3.63, 3.8) is 0 Å². The van der Waals surface area contributed by atoms with Gasteiger partial charge in [0.05, 0.1) is 5.69 Å². The molecule has 0 fully saturated rings. The van der Waals surface area contributed by atoms with E-state index >= 15 is 0 Å². The molecule has 0 unspecified atom stereocenters. The van der Waals surface area contributed by atoms with E-state index in [0.29, 0.717) is 5.56 Å². The van der Waals surface area contributed by atoms with Crippen molar-refractivity contribution in [2.45, 2.75) is 26.7 Å². The summed E-state index contributed by atoms with van der Waals surface area (Å²) in [7, 11) is 0. The molecule has 2 rings (SSSR count). The topological polar surface area (TPSA) is 75.1 Å². The summed E-state index contributed by atoms with van der Waals surface area (Å²) in [5, 5.41) is 11.5. The van der Waals surface area contributed by atoms with E-state index in [4.69, 9.17) is 5.11 Å². The van der Waals surface area contributed by atoms with Crippen LogP contribution in [0.5, 0.6) is 0 Å². The molecule has 6 heteroatoms. The quantitative estimate of drug-likeness (QED) is 0.899. The van der Waals surface area contributed by atoms with Gasteiger partial charge in [0.1, 0.15) is 0 Å². The number of H-pyrrole nitrogens is 1. The molecule has 0 radical (unpaired) electrons. The van der Waals surface area contributed by atoms with Crippen LogP contribution < -0.4 is 5.56 Å². The summed E-state index contributed by atoms with van der Waals surface area (Å²) in [5.74, 6) is -0.908. The average Bonchev–Trinajstić information content (AvgIpc) is 2.66. The van der Waals surface area contributed by atoms with E-state index in [1.165, 1.54) is 0 Å². The highest BCUT2D eigenvalue weighted by molar-refractivity contribution is 9.10. The lowest BCUT2D eigenvalue weighted by atomic mass is 10.1. The first-order chi connectivity index (χ1) is 9.40. The maximum absolute atomic E-state index is 11.9. The van der Waals surface area contributed by atoms with Crippen LogP contribution >= 0.6 is 15.9 Å². The summed E-state index contributed by atoms with van der Waals surface area (Å²) >= 11 is 3.46. The molecule has 106 valence electrons. The standard InChI is InChI=1S/C14H15BrN2O3/c1-8-3-4-10(7-12(8)15)17-9(2)11(14(20)16-17)5-6-13(18)19/h3-4,7H,5-6H2,1-2H3,(H,16,20)(H,18,19). The van der Waals surface area contributed by atoms with Crippen LogP contribution in [0.15, 0.2) is 27.5 Å². The van der Waals surface area contributed by atoms with Gasteiger partial charge in [0.2, 0.25) is 0 Å². The second-order valence-electron chi connectivity index (χ2n) is 4.67. The van der Waals surface area contributed by atoms with Crippen molar-refractivity contribution in [2.24, 2.45) is 0 Å². The van der Waals surface area contributed by atoms with Gasteiger partial charge >= 0.3 is 5.97 Å². The molecule has 0 saturated carbocycles. The van der Waals surface area contributed by atoms with Crippen LogP contribution in [0.1, 0.15) is 23.2 Å². The second-order valence-corrected chi connectivity index (χ2v) is 5.52. The molecule has 0 aliphatic rings. The minimum atomic E-state index is -0.908. The molecule has 0 aliphatic heterocycles. The van der Waals surface area contributed by atoms with Gasteiger partial charge in [0.15, 0.2) is 0 Å². The number of carbonyl (C=O) groups is 1. The van der Waals surface area contributed by atoms with E-state index in [-0.39, 0.29) is 18.4 Å². The molecule has 0 saturated heterocycles. The zero-order chi connectivity index (χ0) is 14.9. The number of carboxylic acids is 1. The largest absolute Gasteiger partial charge is 0.481 e. The summed E-state index contributed by atoms with van der Waals surface area (Å²) in [6.45, 7) is 3.79. The monoisotopic (exact) mass is 338 g/mol. The molecule has 0 spiro atoms. The van der Waals surface area contributed by atoms with Crippen LogP contribution in [-0.4, -0.2) is 20.9 Å². The van der Waals surface area contributed by atoms with Gasteiger partial charge in [-0.15, -0.1) is 0 Å². The molecule has 0 aliphatic carbocycles. The third kappa shape index (κ3) is 2.85. The lowest BCUT2D eigenvalue weighted by Crippen LogP contribution is -2.09. The predicted molar refractivity (Wildman–Crippen MR) is 79.5 cm³/mol. The van der Waals surface area contributed by atoms with E-state index in [9.17, 15) is 9.59 Å². The molecule has 0 bridgehead atoms. The van der Waals surface area contributed by atoms with Crippen molar-refractivity contribution >= 4 is 21.9 Å². The van der Waals surface area contributed by atoms with Gasteiger partial charge in [-0.05, 0) is 38.0 Å². The number of aromatic amines is 1. The Labute approximate surface area is 124 Å². The van der Waals surface area contributed by atoms with Crippen molar-refractivity contribution in [1.29, 1.82) is 0 Å². The maximum atomic E-state index is 11.9. The number of carboxylic acid groups (broad SMARTS) is 1. The number of aliphatic carboxylic acids is 1. The number of halogens is 1. The highest BCUT2D eigenvalue weighted by Gasteiger charge is 2.13. The van der Waals surface area contributed by atoms with Crippen LogP contribution in [0.25, 0.3) is 5.69 Å². The summed E-state index contributed by atoms with van der Waals surface area (Å²) in [4.78, 5) is 22.5. The Morgan fingerprint density at radius 2 is 2.10 bits per heavy atom. The zero-order valence-electron chi connectivity index (χ0n) is 11.2. The molecule has 0 atom stereocenters. The van der Waals surface area contributed by atoms with E-state index in [2.05, 4.69) is 21.0 Å². The number of aromatic nitrogens is 2. The number of nitrogens with zero attached hydrogens (tertiary/aromatic N) is 1. The fraction of sp³-hybridized carbons (Fsp3) is 0.286. The third-order valence-electron chi connectivity index (χ3n) is 3.26. The van der Waals surface area contributed by atoms with Gasteiger partial charge < -0.3 is 5.11 Å². The zero-order valence-corrected chi connectivity index (χ0v) is 12.8.